The van der Waals surface area contributed by atoms with Gasteiger partial charge in [0.15, 0.2) is 0 Å². The van der Waals surface area contributed by atoms with Gasteiger partial charge in [-0.3, -0.25) is 0 Å². The monoisotopic (exact) mass is 263 g/mol. The van der Waals surface area contributed by atoms with Crippen molar-refractivity contribution in [2.75, 3.05) is 17.7 Å². The average Bonchev–Trinajstić information content (AvgIpc) is 2.72. The molecule has 0 atom stereocenters. The van der Waals surface area contributed by atoms with Gasteiger partial charge in [0.05, 0.1) is 13.2 Å². The summed E-state index contributed by atoms with van der Waals surface area (Å²) >= 11 is 1.65. The standard InChI is InChI=1S/C13H17N3OS/c1-3-17-12-5-10(14)4-11(6-12)15-7-13-16-9(2)8-18-13/h4-6,8,15H,3,7,14H2,1-2H3. The minimum atomic E-state index is 0.634. The first-order valence-electron chi connectivity index (χ1n) is 5.85. The molecule has 2 aromatic rings. The van der Waals surface area contributed by atoms with E-state index in [2.05, 4.69) is 10.3 Å². The predicted molar refractivity (Wildman–Crippen MR) is 76.2 cm³/mol. The van der Waals surface area contributed by atoms with Crippen LogP contribution in [0.5, 0.6) is 5.75 Å². The molecule has 0 unspecified atom stereocenters. The highest BCUT2D eigenvalue weighted by molar-refractivity contribution is 7.09. The number of aryl methyl sites for hydroxylation is 1. The summed E-state index contributed by atoms with van der Waals surface area (Å²) in [5.41, 5.74) is 8.53. The Labute approximate surface area is 111 Å². The summed E-state index contributed by atoms with van der Waals surface area (Å²) in [4.78, 5) is 4.40. The summed E-state index contributed by atoms with van der Waals surface area (Å²) in [5.74, 6) is 0.787. The molecule has 4 nitrogen and oxygen atoms in total. The largest absolute Gasteiger partial charge is 0.494 e. The molecule has 2 rings (SSSR count). The smallest absolute Gasteiger partial charge is 0.123 e. The maximum atomic E-state index is 5.83. The van der Waals surface area contributed by atoms with Crippen LogP contribution in [0.4, 0.5) is 11.4 Å². The van der Waals surface area contributed by atoms with Crippen molar-refractivity contribution >= 4 is 22.7 Å². The Hall–Kier alpha value is -1.75. The van der Waals surface area contributed by atoms with Crippen LogP contribution in [0.2, 0.25) is 0 Å². The normalized spacial score (nSPS) is 10.3. The molecule has 0 saturated carbocycles. The van der Waals surface area contributed by atoms with Crippen LogP contribution in [0.15, 0.2) is 23.6 Å². The topological polar surface area (TPSA) is 60.2 Å². The number of rotatable bonds is 5. The fraction of sp³-hybridized carbons (Fsp3) is 0.308. The third kappa shape index (κ3) is 3.37. The minimum Gasteiger partial charge on any atom is -0.494 e. The zero-order valence-corrected chi connectivity index (χ0v) is 11.4. The van der Waals surface area contributed by atoms with Gasteiger partial charge in [-0.15, -0.1) is 11.3 Å². The van der Waals surface area contributed by atoms with E-state index in [9.17, 15) is 0 Å². The van der Waals surface area contributed by atoms with E-state index in [4.69, 9.17) is 10.5 Å². The van der Waals surface area contributed by atoms with Crippen LogP contribution >= 0.6 is 11.3 Å². The van der Waals surface area contributed by atoms with Crippen molar-refractivity contribution in [1.82, 2.24) is 4.98 Å². The molecule has 0 radical (unpaired) electrons. The molecule has 5 heteroatoms. The molecule has 0 aliphatic heterocycles. The molecule has 0 bridgehead atoms. The molecule has 0 saturated heterocycles. The van der Waals surface area contributed by atoms with E-state index in [1.807, 2.05) is 37.4 Å². The van der Waals surface area contributed by atoms with Crippen molar-refractivity contribution in [3.05, 3.63) is 34.3 Å². The number of nitrogens with one attached hydrogen (secondary N) is 1. The maximum absolute atomic E-state index is 5.83. The first-order chi connectivity index (χ1) is 8.67. The Bertz CT molecular complexity index is 525. The predicted octanol–water partition coefficient (Wildman–Crippen LogP) is 3.04. The third-order valence-corrected chi connectivity index (χ3v) is 3.32. The van der Waals surface area contributed by atoms with Crippen LogP contribution in [0.3, 0.4) is 0 Å². The summed E-state index contributed by atoms with van der Waals surface area (Å²) in [6.45, 7) is 5.28. The highest BCUT2D eigenvalue weighted by atomic mass is 32.1. The lowest BCUT2D eigenvalue weighted by Gasteiger charge is -2.09. The summed E-state index contributed by atoms with van der Waals surface area (Å²) in [6.07, 6.45) is 0. The highest BCUT2D eigenvalue weighted by Crippen LogP contribution is 2.23. The first-order valence-corrected chi connectivity index (χ1v) is 6.73. The molecule has 1 aromatic heterocycles. The molecule has 96 valence electrons. The number of hydrogen-bond donors (Lipinski definition) is 2. The fourth-order valence-corrected chi connectivity index (χ4v) is 2.35. The van der Waals surface area contributed by atoms with Crippen LogP contribution in [0, 0.1) is 6.92 Å². The van der Waals surface area contributed by atoms with Crippen molar-refractivity contribution in [1.29, 1.82) is 0 Å². The average molecular weight is 263 g/mol. The number of thiazole rings is 1. The van der Waals surface area contributed by atoms with Gasteiger partial charge in [0.25, 0.3) is 0 Å². The number of nitrogens with zero attached hydrogens (tertiary/aromatic N) is 1. The Morgan fingerprint density at radius 1 is 1.39 bits per heavy atom. The lowest BCUT2D eigenvalue weighted by molar-refractivity contribution is 0.340. The van der Waals surface area contributed by atoms with Crippen molar-refractivity contribution < 1.29 is 4.74 Å². The van der Waals surface area contributed by atoms with Crippen LogP contribution < -0.4 is 15.8 Å². The molecule has 1 heterocycles. The van der Waals surface area contributed by atoms with Crippen molar-refractivity contribution in [3.63, 3.8) is 0 Å². The van der Waals surface area contributed by atoms with E-state index >= 15 is 0 Å². The second-order valence-corrected chi connectivity index (χ2v) is 4.90. The van der Waals surface area contributed by atoms with Crippen LogP contribution in [-0.2, 0) is 6.54 Å². The first kappa shape index (κ1) is 12.7. The van der Waals surface area contributed by atoms with Gasteiger partial charge in [0.2, 0.25) is 0 Å². The molecule has 1 aromatic carbocycles. The summed E-state index contributed by atoms with van der Waals surface area (Å²) in [7, 11) is 0. The number of aromatic nitrogens is 1. The van der Waals surface area contributed by atoms with Gasteiger partial charge in [0.1, 0.15) is 10.8 Å². The molecular weight excluding hydrogens is 246 g/mol. The van der Waals surface area contributed by atoms with Crippen LogP contribution in [0.25, 0.3) is 0 Å². The second kappa shape index (κ2) is 5.73. The van der Waals surface area contributed by atoms with Gasteiger partial charge >= 0.3 is 0 Å². The zero-order chi connectivity index (χ0) is 13.0. The van der Waals surface area contributed by atoms with E-state index < -0.39 is 0 Å². The van der Waals surface area contributed by atoms with Crippen molar-refractivity contribution in [2.45, 2.75) is 20.4 Å². The van der Waals surface area contributed by atoms with E-state index in [0.717, 1.165) is 22.1 Å². The summed E-state index contributed by atoms with van der Waals surface area (Å²) in [5, 5.41) is 6.41. The van der Waals surface area contributed by atoms with Gasteiger partial charge in [-0.25, -0.2) is 4.98 Å². The number of benzene rings is 1. The molecule has 3 N–H and O–H groups in total. The Balaban J connectivity index is 2.04. The Morgan fingerprint density at radius 3 is 2.89 bits per heavy atom. The molecule has 0 fully saturated rings. The fourth-order valence-electron chi connectivity index (χ4n) is 1.64. The Kier molecular flexibility index (Phi) is 4.04. The van der Waals surface area contributed by atoms with Gasteiger partial charge in [-0.05, 0) is 19.9 Å². The number of nitrogen functional groups attached to an aromatic ring is 1. The van der Waals surface area contributed by atoms with Crippen LogP contribution in [-0.4, -0.2) is 11.6 Å². The van der Waals surface area contributed by atoms with Gasteiger partial charge in [0, 0.05) is 34.6 Å². The van der Waals surface area contributed by atoms with Crippen LogP contribution in [0.1, 0.15) is 17.6 Å². The minimum absolute atomic E-state index is 0.634. The van der Waals surface area contributed by atoms with E-state index in [1.165, 1.54) is 0 Å². The molecule has 0 aliphatic rings. The summed E-state index contributed by atoms with van der Waals surface area (Å²) < 4.78 is 5.45. The molecule has 0 aliphatic carbocycles. The lowest BCUT2D eigenvalue weighted by atomic mass is 10.2. The SMILES string of the molecule is CCOc1cc(N)cc(NCc2nc(C)cs2)c1. The highest BCUT2D eigenvalue weighted by Gasteiger charge is 2.02. The van der Waals surface area contributed by atoms with E-state index in [1.54, 1.807) is 11.3 Å². The number of hydrogen-bond acceptors (Lipinski definition) is 5. The number of nitrogens with two attached hydrogens (primary N) is 1. The maximum Gasteiger partial charge on any atom is 0.123 e. The van der Waals surface area contributed by atoms with Crippen molar-refractivity contribution in [2.24, 2.45) is 0 Å². The molecule has 0 spiro atoms. The van der Waals surface area contributed by atoms with E-state index in [-0.39, 0.29) is 0 Å². The summed E-state index contributed by atoms with van der Waals surface area (Å²) in [6, 6.07) is 5.66. The molecule has 0 amide bonds. The zero-order valence-electron chi connectivity index (χ0n) is 10.6. The quantitative estimate of drug-likeness (QED) is 0.814. The van der Waals surface area contributed by atoms with Gasteiger partial charge in [-0.1, -0.05) is 0 Å². The van der Waals surface area contributed by atoms with Gasteiger partial charge in [-0.2, -0.15) is 0 Å². The Morgan fingerprint density at radius 2 is 2.22 bits per heavy atom. The van der Waals surface area contributed by atoms with E-state index in [0.29, 0.717) is 18.8 Å². The lowest BCUT2D eigenvalue weighted by Crippen LogP contribution is -2.01. The van der Waals surface area contributed by atoms with Gasteiger partial charge < -0.3 is 15.8 Å². The third-order valence-electron chi connectivity index (χ3n) is 2.35. The number of ether oxygens (including phenoxy) is 1. The molecule has 18 heavy (non-hydrogen) atoms. The molecular formula is C13H17N3OS. The number of anilines is 2. The second-order valence-electron chi connectivity index (χ2n) is 3.96. The van der Waals surface area contributed by atoms with Crippen molar-refractivity contribution in [3.8, 4) is 5.75 Å².